The summed E-state index contributed by atoms with van der Waals surface area (Å²) >= 11 is 0. The molecule has 0 aliphatic heterocycles. The van der Waals surface area contributed by atoms with E-state index in [9.17, 15) is 9.59 Å². The molecular weight excluding hydrogens is 210 g/mol. The van der Waals surface area contributed by atoms with Crippen LogP contribution in [0.2, 0.25) is 0 Å². The lowest BCUT2D eigenvalue weighted by Crippen LogP contribution is -2.00. The fraction of sp³-hybridized carbons (Fsp3) is 0. The molecule has 2 heterocycles. The molecule has 80 valence electrons. The summed E-state index contributed by atoms with van der Waals surface area (Å²) in [4.78, 5) is 25.1. The zero-order valence-electron chi connectivity index (χ0n) is 8.07. The van der Waals surface area contributed by atoms with Gasteiger partial charge >= 0.3 is 5.97 Å². The number of carbonyl (C=O) groups is 2. The van der Waals surface area contributed by atoms with Gasteiger partial charge in [0.1, 0.15) is 5.69 Å². The number of pyridine rings is 1. The van der Waals surface area contributed by atoms with E-state index in [4.69, 9.17) is 5.11 Å². The van der Waals surface area contributed by atoms with Crippen LogP contribution in [-0.2, 0) is 0 Å². The van der Waals surface area contributed by atoms with Gasteiger partial charge in [0.05, 0.1) is 11.8 Å². The number of carboxylic acids is 1. The zero-order valence-corrected chi connectivity index (χ0v) is 8.07. The Labute approximate surface area is 90.2 Å². The molecule has 0 atom stereocenters. The molecule has 1 N–H and O–H groups in total. The third-order valence-electron chi connectivity index (χ3n) is 1.94. The fourth-order valence-corrected chi connectivity index (χ4v) is 1.19. The van der Waals surface area contributed by atoms with Crippen molar-refractivity contribution in [2.75, 3.05) is 0 Å². The van der Waals surface area contributed by atoms with Crippen LogP contribution < -0.4 is 0 Å². The summed E-state index contributed by atoms with van der Waals surface area (Å²) in [5.41, 5.74) is 0.336. The number of carboxylic acid groups (broad SMARTS) is 1. The van der Waals surface area contributed by atoms with Gasteiger partial charge in [-0.15, -0.1) is 0 Å². The summed E-state index contributed by atoms with van der Waals surface area (Å²) in [7, 11) is 0. The summed E-state index contributed by atoms with van der Waals surface area (Å²) in [6, 6.07) is 4.83. The molecule has 6 nitrogen and oxygen atoms in total. The van der Waals surface area contributed by atoms with Crippen LogP contribution in [0.1, 0.15) is 20.8 Å². The zero-order chi connectivity index (χ0) is 11.5. The molecule has 0 aromatic carbocycles. The normalized spacial score (nSPS) is 10.0. The van der Waals surface area contributed by atoms with Crippen LogP contribution in [0.25, 0.3) is 5.82 Å². The van der Waals surface area contributed by atoms with E-state index in [1.54, 1.807) is 18.2 Å². The first-order valence-corrected chi connectivity index (χ1v) is 4.41. The fourth-order valence-electron chi connectivity index (χ4n) is 1.19. The summed E-state index contributed by atoms with van der Waals surface area (Å²) in [5.74, 6) is -0.658. The average molecular weight is 217 g/mol. The third kappa shape index (κ3) is 1.81. The van der Waals surface area contributed by atoms with Crippen molar-refractivity contribution in [1.29, 1.82) is 0 Å². The summed E-state index contributed by atoms with van der Waals surface area (Å²) in [5, 5.41) is 12.6. The minimum Gasteiger partial charge on any atom is -0.478 e. The highest BCUT2D eigenvalue weighted by molar-refractivity contribution is 5.86. The lowest BCUT2D eigenvalue weighted by molar-refractivity contribution is 0.0696. The maximum Gasteiger partial charge on any atom is 0.338 e. The van der Waals surface area contributed by atoms with Gasteiger partial charge in [-0.05, 0) is 12.1 Å². The van der Waals surface area contributed by atoms with E-state index in [2.05, 4.69) is 10.1 Å². The van der Waals surface area contributed by atoms with Crippen LogP contribution in [0.15, 0.2) is 30.6 Å². The molecule has 0 bridgehead atoms. The molecular formula is C10H7N3O3. The van der Waals surface area contributed by atoms with Gasteiger partial charge in [-0.1, -0.05) is 6.07 Å². The van der Waals surface area contributed by atoms with E-state index in [0.29, 0.717) is 12.1 Å². The van der Waals surface area contributed by atoms with E-state index in [0.717, 1.165) is 0 Å². The third-order valence-corrected chi connectivity index (χ3v) is 1.94. The Balaban J connectivity index is 2.42. The van der Waals surface area contributed by atoms with Crippen molar-refractivity contribution < 1.29 is 14.7 Å². The van der Waals surface area contributed by atoms with Crippen LogP contribution in [0.4, 0.5) is 0 Å². The second kappa shape index (κ2) is 3.93. The molecule has 0 saturated carbocycles. The minimum absolute atomic E-state index is 0.0679. The van der Waals surface area contributed by atoms with Gasteiger partial charge in [0.15, 0.2) is 12.1 Å². The first-order valence-electron chi connectivity index (χ1n) is 4.41. The Kier molecular flexibility index (Phi) is 2.47. The number of carbonyl (C=O) groups excluding carboxylic acids is 1. The maximum absolute atomic E-state index is 10.6. The number of hydrogen-bond acceptors (Lipinski definition) is 4. The Bertz CT molecular complexity index is 548. The van der Waals surface area contributed by atoms with Crippen LogP contribution in [0, 0.1) is 0 Å². The Hall–Kier alpha value is -2.50. The van der Waals surface area contributed by atoms with Gasteiger partial charge in [-0.3, -0.25) is 4.79 Å². The van der Waals surface area contributed by atoms with Crippen LogP contribution in [0.5, 0.6) is 0 Å². The van der Waals surface area contributed by atoms with Crippen molar-refractivity contribution in [2.45, 2.75) is 0 Å². The van der Waals surface area contributed by atoms with Gasteiger partial charge in [0, 0.05) is 6.20 Å². The lowest BCUT2D eigenvalue weighted by Gasteiger charge is -1.99. The van der Waals surface area contributed by atoms with Crippen molar-refractivity contribution in [1.82, 2.24) is 14.8 Å². The highest BCUT2D eigenvalue weighted by atomic mass is 16.4. The SMILES string of the molecule is O=Cc1cccc(-n2cc(C(=O)O)cn2)n1. The smallest absolute Gasteiger partial charge is 0.338 e. The molecule has 0 fully saturated rings. The molecule has 0 aliphatic carbocycles. The van der Waals surface area contributed by atoms with Crippen LogP contribution >= 0.6 is 0 Å². The van der Waals surface area contributed by atoms with Gasteiger partial charge < -0.3 is 5.11 Å². The molecule has 0 saturated heterocycles. The van der Waals surface area contributed by atoms with Crippen LogP contribution in [-0.4, -0.2) is 32.1 Å². The van der Waals surface area contributed by atoms with Gasteiger partial charge in [0.2, 0.25) is 0 Å². The predicted octanol–water partition coefficient (Wildman–Crippen LogP) is 0.778. The van der Waals surface area contributed by atoms with Crippen molar-refractivity contribution in [3.8, 4) is 5.82 Å². The van der Waals surface area contributed by atoms with E-state index < -0.39 is 5.97 Å². The summed E-state index contributed by atoms with van der Waals surface area (Å²) in [6.07, 6.45) is 3.17. The summed E-state index contributed by atoms with van der Waals surface area (Å²) in [6.45, 7) is 0. The Morgan fingerprint density at radius 2 is 2.25 bits per heavy atom. The van der Waals surface area contributed by atoms with E-state index in [-0.39, 0.29) is 11.3 Å². The predicted molar refractivity (Wildman–Crippen MR) is 53.7 cm³/mol. The quantitative estimate of drug-likeness (QED) is 0.768. The average Bonchev–Trinajstić information content (AvgIpc) is 2.78. The Morgan fingerprint density at radius 3 is 2.88 bits per heavy atom. The standard InChI is InChI=1S/C10H7N3O3/c14-6-8-2-1-3-9(12-8)13-5-7(4-11-13)10(15)16/h1-6H,(H,15,16). The van der Waals surface area contributed by atoms with Crippen molar-refractivity contribution >= 4 is 12.3 Å². The molecule has 0 unspecified atom stereocenters. The number of hydrogen-bond donors (Lipinski definition) is 1. The van der Waals surface area contributed by atoms with E-state index >= 15 is 0 Å². The molecule has 2 aromatic heterocycles. The number of aromatic carboxylic acids is 1. The van der Waals surface area contributed by atoms with Crippen molar-refractivity contribution in [2.24, 2.45) is 0 Å². The molecule has 2 rings (SSSR count). The van der Waals surface area contributed by atoms with E-state index in [1.165, 1.54) is 17.1 Å². The molecule has 16 heavy (non-hydrogen) atoms. The highest BCUT2D eigenvalue weighted by Crippen LogP contribution is 2.06. The second-order valence-corrected chi connectivity index (χ2v) is 3.02. The molecule has 0 radical (unpaired) electrons. The van der Waals surface area contributed by atoms with Gasteiger partial charge in [-0.2, -0.15) is 5.10 Å². The molecule has 6 heteroatoms. The minimum atomic E-state index is -1.06. The van der Waals surface area contributed by atoms with Crippen molar-refractivity contribution in [3.05, 3.63) is 41.9 Å². The topological polar surface area (TPSA) is 85.1 Å². The number of aromatic nitrogens is 3. The molecule has 0 amide bonds. The number of nitrogens with zero attached hydrogens (tertiary/aromatic N) is 3. The number of aldehydes is 1. The van der Waals surface area contributed by atoms with Gasteiger partial charge in [-0.25, -0.2) is 14.5 Å². The number of rotatable bonds is 3. The highest BCUT2D eigenvalue weighted by Gasteiger charge is 2.07. The molecule has 2 aromatic rings. The largest absolute Gasteiger partial charge is 0.478 e. The van der Waals surface area contributed by atoms with Gasteiger partial charge in [0.25, 0.3) is 0 Å². The molecule has 0 spiro atoms. The van der Waals surface area contributed by atoms with E-state index in [1.807, 2.05) is 0 Å². The Morgan fingerprint density at radius 1 is 1.44 bits per heavy atom. The van der Waals surface area contributed by atoms with Crippen molar-refractivity contribution in [3.63, 3.8) is 0 Å². The first kappa shape index (κ1) is 10.0. The summed E-state index contributed by atoms with van der Waals surface area (Å²) < 4.78 is 1.30. The van der Waals surface area contributed by atoms with Crippen LogP contribution in [0.3, 0.4) is 0 Å². The lowest BCUT2D eigenvalue weighted by atomic mass is 10.3. The monoisotopic (exact) mass is 217 g/mol. The second-order valence-electron chi connectivity index (χ2n) is 3.02. The maximum atomic E-state index is 10.6. The molecule has 0 aliphatic rings. The first-order chi connectivity index (χ1) is 7.70.